The molecule has 0 aromatic rings. The first-order chi connectivity index (χ1) is 10.4. The molecule has 0 amide bonds. The monoisotopic (exact) mass is 342 g/mol. The third kappa shape index (κ3) is 7.29. The summed E-state index contributed by atoms with van der Waals surface area (Å²) in [5, 5.41) is 22.2. The zero-order chi connectivity index (χ0) is 16.1. The first kappa shape index (κ1) is 19.9. The van der Waals surface area contributed by atoms with Gasteiger partial charge in [0.25, 0.3) is 0 Å². The molecule has 7 heteroatoms. The Labute approximate surface area is 146 Å². The average Bonchev–Trinajstić information content (AvgIpc) is 3.14. The number of rotatable bonds is 6. The summed E-state index contributed by atoms with van der Waals surface area (Å²) in [7, 11) is 0. The SMILES string of the molecule is CC(C)(/C=N/N1CCCC1)N=NC(C)(C)/C=N/N1CCCC1.Cl. The van der Waals surface area contributed by atoms with Crippen LogP contribution in [-0.2, 0) is 0 Å². The lowest BCUT2D eigenvalue weighted by molar-refractivity contribution is 0.357. The van der Waals surface area contributed by atoms with Crippen LogP contribution in [0, 0.1) is 0 Å². The van der Waals surface area contributed by atoms with E-state index in [-0.39, 0.29) is 23.5 Å². The van der Waals surface area contributed by atoms with Gasteiger partial charge in [0.05, 0.1) is 12.4 Å². The molecule has 2 heterocycles. The fourth-order valence-corrected chi connectivity index (χ4v) is 2.39. The van der Waals surface area contributed by atoms with Gasteiger partial charge in [-0.1, -0.05) is 0 Å². The van der Waals surface area contributed by atoms with Crippen LogP contribution in [0.5, 0.6) is 0 Å². The second kappa shape index (κ2) is 8.62. The zero-order valence-electron chi connectivity index (χ0n) is 14.9. The quantitative estimate of drug-likeness (QED) is 0.547. The summed E-state index contributed by atoms with van der Waals surface area (Å²) < 4.78 is 0. The molecule has 0 unspecified atom stereocenters. The van der Waals surface area contributed by atoms with Crippen molar-refractivity contribution in [3.8, 4) is 0 Å². The molecule has 132 valence electrons. The Bertz CT molecular complexity index is 392. The van der Waals surface area contributed by atoms with Gasteiger partial charge in [-0.25, -0.2) is 0 Å². The Hall–Kier alpha value is -1.17. The highest BCUT2D eigenvalue weighted by Gasteiger charge is 2.20. The molecule has 0 saturated carbocycles. The third-order valence-electron chi connectivity index (χ3n) is 3.80. The van der Waals surface area contributed by atoms with Gasteiger partial charge in [-0.05, 0) is 53.4 Å². The summed E-state index contributed by atoms with van der Waals surface area (Å²) in [5.74, 6) is 0. The van der Waals surface area contributed by atoms with Crippen LogP contribution in [0.15, 0.2) is 20.4 Å². The van der Waals surface area contributed by atoms with E-state index >= 15 is 0 Å². The van der Waals surface area contributed by atoms with Crippen LogP contribution in [0.25, 0.3) is 0 Å². The molecule has 0 aromatic heterocycles. The molecule has 0 bridgehead atoms. The van der Waals surface area contributed by atoms with Gasteiger partial charge in [0.15, 0.2) is 0 Å². The fourth-order valence-electron chi connectivity index (χ4n) is 2.39. The summed E-state index contributed by atoms with van der Waals surface area (Å²) >= 11 is 0. The second-order valence-corrected chi connectivity index (χ2v) is 7.32. The van der Waals surface area contributed by atoms with Crippen LogP contribution in [0.1, 0.15) is 53.4 Å². The maximum atomic E-state index is 4.52. The van der Waals surface area contributed by atoms with Gasteiger partial charge in [-0.2, -0.15) is 20.4 Å². The Kier molecular flexibility index (Phi) is 7.45. The molecule has 0 atom stereocenters. The van der Waals surface area contributed by atoms with Crippen molar-refractivity contribution in [3.05, 3.63) is 0 Å². The van der Waals surface area contributed by atoms with Crippen molar-refractivity contribution in [3.63, 3.8) is 0 Å². The molecule has 0 N–H and O–H groups in total. The van der Waals surface area contributed by atoms with Crippen LogP contribution in [0.3, 0.4) is 0 Å². The van der Waals surface area contributed by atoms with E-state index < -0.39 is 0 Å². The number of halogens is 1. The van der Waals surface area contributed by atoms with Crippen molar-refractivity contribution in [1.82, 2.24) is 10.0 Å². The van der Waals surface area contributed by atoms with E-state index in [9.17, 15) is 0 Å². The molecular formula is C16H31ClN6. The van der Waals surface area contributed by atoms with E-state index in [1.807, 2.05) is 40.1 Å². The topological polar surface area (TPSA) is 55.9 Å². The van der Waals surface area contributed by atoms with Crippen LogP contribution in [0.4, 0.5) is 0 Å². The maximum Gasteiger partial charge on any atom is 0.113 e. The number of azo groups is 1. The first-order valence-electron chi connectivity index (χ1n) is 8.41. The lowest BCUT2D eigenvalue weighted by atomic mass is 10.1. The van der Waals surface area contributed by atoms with Gasteiger partial charge in [0.1, 0.15) is 11.1 Å². The van der Waals surface area contributed by atoms with Gasteiger partial charge in [0, 0.05) is 26.2 Å². The minimum atomic E-state index is -0.388. The molecule has 2 fully saturated rings. The average molecular weight is 343 g/mol. The second-order valence-electron chi connectivity index (χ2n) is 7.32. The molecule has 0 aromatic carbocycles. The molecule has 2 rings (SSSR count). The molecular weight excluding hydrogens is 312 g/mol. The van der Waals surface area contributed by atoms with E-state index in [4.69, 9.17) is 0 Å². The van der Waals surface area contributed by atoms with E-state index in [2.05, 4.69) is 30.4 Å². The molecule has 2 aliphatic rings. The largest absolute Gasteiger partial charge is 0.297 e. The number of hydrogen-bond acceptors (Lipinski definition) is 6. The zero-order valence-corrected chi connectivity index (χ0v) is 15.7. The number of hydrogen-bond donors (Lipinski definition) is 0. The summed E-state index contributed by atoms with van der Waals surface area (Å²) in [6.07, 6.45) is 8.74. The number of hydrazone groups is 2. The predicted molar refractivity (Wildman–Crippen MR) is 98.9 cm³/mol. The summed E-state index contributed by atoms with van der Waals surface area (Å²) in [6, 6.07) is 0. The Balaban J connectivity index is 0.00000264. The highest BCUT2D eigenvalue weighted by Crippen LogP contribution is 2.15. The van der Waals surface area contributed by atoms with E-state index in [1.165, 1.54) is 25.7 Å². The van der Waals surface area contributed by atoms with Gasteiger partial charge >= 0.3 is 0 Å². The molecule has 6 nitrogen and oxygen atoms in total. The summed E-state index contributed by atoms with van der Waals surface area (Å²) in [6.45, 7) is 12.3. The minimum Gasteiger partial charge on any atom is -0.297 e. The van der Waals surface area contributed by atoms with E-state index in [0.29, 0.717) is 0 Å². The molecule has 0 radical (unpaired) electrons. The highest BCUT2D eigenvalue weighted by atomic mass is 35.5. The van der Waals surface area contributed by atoms with Crippen molar-refractivity contribution in [2.24, 2.45) is 20.4 Å². The first-order valence-corrected chi connectivity index (χ1v) is 8.41. The molecule has 0 spiro atoms. The smallest absolute Gasteiger partial charge is 0.113 e. The summed E-state index contributed by atoms with van der Waals surface area (Å²) in [5.41, 5.74) is -0.775. The van der Waals surface area contributed by atoms with Gasteiger partial charge in [-0.15, -0.1) is 12.4 Å². The molecule has 23 heavy (non-hydrogen) atoms. The van der Waals surface area contributed by atoms with Crippen LogP contribution < -0.4 is 0 Å². The van der Waals surface area contributed by atoms with E-state index in [0.717, 1.165) is 26.2 Å². The lowest BCUT2D eigenvalue weighted by Gasteiger charge is -2.19. The fraction of sp³-hybridized carbons (Fsp3) is 0.875. The molecule has 2 saturated heterocycles. The van der Waals surface area contributed by atoms with Crippen LogP contribution in [-0.4, -0.2) is 59.7 Å². The van der Waals surface area contributed by atoms with Crippen molar-refractivity contribution in [2.45, 2.75) is 64.5 Å². The van der Waals surface area contributed by atoms with Crippen LogP contribution >= 0.6 is 12.4 Å². The normalized spacial score (nSPS) is 20.3. The van der Waals surface area contributed by atoms with Crippen molar-refractivity contribution in [1.29, 1.82) is 0 Å². The number of nitrogens with zero attached hydrogens (tertiary/aromatic N) is 6. The maximum absolute atomic E-state index is 4.52. The Morgan fingerprint density at radius 2 is 0.957 bits per heavy atom. The molecule has 0 aliphatic carbocycles. The van der Waals surface area contributed by atoms with Gasteiger partial charge in [-0.3, -0.25) is 10.0 Å². The standard InChI is InChI=1S/C16H30N6.ClH/c1-15(2,13-17-21-9-5-6-10-21)19-20-16(3,4)14-18-22-11-7-8-12-22;/h13-14H,5-12H2,1-4H3;1H/b17-13+,18-14+,20-19?;. The highest BCUT2D eigenvalue weighted by molar-refractivity contribution is 5.85. The van der Waals surface area contributed by atoms with Crippen molar-refractivity contribution >= 4 is 24.8 Å². The van der Waals surface area contributed by atoms with E-state index in [1.54, 1.807) is 0 Å². The Morgan fingerprint density at radius 3 is 1.26 bits per heavy atom. The van der Waals surface area contributed by atoms with Crippen molar-refractivity contribution < 1.29 is 0 Å². The third-order valence-corrected chi connectivity index (χ3v) is 3.80. The minimum absolute atomic E-state index is 0. The van der Waals surface area contributed by atoms with Gasteiger partial charge < -0.3 is 0 Å². The predicted octanol–water partition coefficient (Wildman–Crippen LogP) is 3.58. The lowest BCUT2D eigenvalue weighted by Crippen LogP contribution is -2.26. The summed E-state index contributed by atoms with van der Waals surface area (Å²) in [4.78, 5) is 0. The Morgan fingerprint density at radius 1 is 0.652 bits per heavy atom. The van der Waals surface area contributed by atoms with Crippen LogP contribution in [0.2, 0.25) is 0 Å². The van der Waals surface area contributed by atoms with Crippen molar-refractivity contribution in [2.75, 3.05) is 26.2 Å². The molecule has 2 aliphatic heterocycles. The van der Waals surface area contributed by atoms with Gasteiger partial charge in [0.2, 0.25) is 0 Å².